The smallest absolute Gasteiger partial charge is 0.322 e. The SMILES string of the molecule is CCn1nccc1C(=O)Nc1nnc(-c2ccc(C)cc2C)o1. The normalized spacial score (nSPS) is 10.7. The standard InChI is InChI=1S/C16H17N5O2/c1-4-21-13(7-8-17-21)14(22)18-16-20-19-15(23-16)12-6-5-10(2)9-11(12)3/h5-9H,4H2,1-3H3,(H,18,20,22). The van der Waals surface area contributed by atoms with E-state index in [1.807, 2.05) is 39.0 Å². The van der Waals surface area contributed by atoms with Gasteiger partial charge >= 0.3 is 6.01 Å². The first-order chi connectivity index (χ1) is 11.1. The minimum absolute atomic E-state index is 0.0637. The molecular formula is C16H17N5O2. The van der Waals surface area contributed by atoms with Crippen LogP contribution in [0.2, 0.25) is 0 Å². The fourth-order valence-corrected chi connectivity index (χ4v) is 2.37. The predicted molar refractivity (Wildman–Crippen MR) is 85.1 cm³/mol. The van der Waals surface area contributed by atoms with Gasteiger partial charge in [0.2, 0.25) is 5.89 Å². The third-order valence-corrected chi connectivity index (χ3v) is 3.51. The van der Waals surface area contributed by atoms with Gasteiger partial charge in [0.05, 0.1) is 0 Å². The summed E-state index contributed by atoms with van der Waals surface area (Å²) in [5.41, 5.74) is 3.49. The van der Waals surface area contributed by atoms with Crippen LogP contribution >= 0.6 is 0 Å². The van der Waals surface area contributed by atoms with Gasteiger partial charge in [0.15, 0.2) is 0 Å². The van der Waals surface area contributed by atoms with Crippen LogP contribution in [-0.4, -0.2) is 25.9 Å². The van der Waals surface area contributed by atoms with Gasteiger partial charge in [-0.05, 0) is 38.5 Å². The van der Waals surface area contributed by atoms with E-state index >= 15 is 0 Å². The number of benzene rings is 1. The van der Waals surface area contributed by atoms with Crippen LogP contribution in [0, 0.1) is 13.8 Å². The summed E-state index contributed by atoms with van der Waals surface area (Å²) in [6, 6.07) is 7.65. The van der Waals surface area contributed by atoms with Crippen LogP contribution in [0.25, 0.3) is 11.5 Å². The molecule has 1 N–H and O–H groups in total. The Morgan fingerprint density at radius 2 is 2.09 bits per heavy atom. The molecule has 0 fully saturated rings. The largest absolute Gasteiger partial charge is 0.403 e. The quantitative estimate of drug-likeness (QED) is 0.800. The van der Waals surface area contributed by atoms with Gasteiger partial charge in [-0.1, -0.05) is 22.8 Å². The Kier molecular flexibility index (Phi) is 3.92. The lowest BCUT2D eigenvalue weighted by Crippen LogP contribution is -2.17. The van der Waals surface area contributed by atoms with Crippen molar-refractivity contribution in [1.82, 2.24) is 20.0 Å². The number of hydrogen-bond donors (Lipinski definition) is 1. The first kappa shape index (κ1) is 15.0. The van der Waals surface area contributed by atoms with E-state index in [-0.39, 0.29) is 11.9 Å². The van der Waals surface area contributed by atoms with Crippen molar-refractivity contribution in [3.63, 3.8) is 0 Å². The molecule has 0 radical (unpaired) electrons. The number of carbonyl (C=O) groups is 1. The van der Waals surface area contributed by atoms with Crippen molar-refractivity contribution in [3.05, 3.63) is 47.3 Å². The maximum atomic E-state index is 12.2. The van der Waals surface area contributed by atoms with E-state index in [1.165, 1.54) is 0 Å². The summed E-state index contributed by atoms with van der Waals surface area (Å²) in [5, 5.41) is 14.5. The number of nitrogens with one attached hydrogen (secondary N) is 1. The summed E-state index contributed by atoms with van der Waals surface area (Å²) in [4.78, 5) is 12.2. The van der Waals surface area contributed by atoms with Crippen molar-refractivity contribution in [2.45, 2.75) is 27.3 Å². The van der Waals surface area contributed by atoms with E-state index in [4.69, 9.17) is 4.42 Å². The summed E-state index contributed by atoms with van der Waals surface area (Å²) in [5.74, 6) is 0.0435. The van der Waals surface area contributed by atoms with E-state index in [0.29, 0.717) is 18.1 Å². The van der Waals surface area contributed by atoms with Gasteiger partial charge in [-0.25, -0.2) is 0 Å². The molecule has 2 heterocycles. The van der Waals surface area contributed by atoms with Crippen LogP contribution in [0.15, 0.2) is 34.9 Å². The first-order valence-electron chi connectivity index (χ1n) is 7.32. The molecule has 0 aliphatic rings. The van der Waals surface area contributed by atoms with Crippen LogP contribution < -0.4 is 5.32 Å². The lowest BCUT2D eigenvalue weighted by molar-refractivity contribution is 0.101. The lowest BCUT2D eigenvalue weighted by Gasteiger charge is -2.03. The molecule has 0 aliphatic heterocycles. The molecule has 2 aromatic heterocycles. The molecule has 7 nitrogen and oxygen atoms in total. The summed E-state index contributed by atoms with van der Waals surface area (Å²) in [6.45, 7) is 6.51. The number of aryl methyl sites for hydroxylation is 3. The van der Waals surface area contributed by atoms with E-state index in [1.54, 1.807) is 16.9 Å². The topological polar surface area (TPSA) is 85.8 Å². The Bertz CT molecular complexity index is 850. The highest BCUT2D eigenvalue weighted by Gasteiger charge is 2.16. The van der Waals surface area contributed by atoms with Crippen molar-refractivity contribution >= 4 is 11.9 Å². The molecule has 1 aromatic carbocycles. The highest BCUT2D eigenvalue weighted by Crippen LogP contribution is 2.24. The van der Waals surface area contributed by atoms with Crippen LogP contribution in [-0.2, 0) is 6.54 Å². The molecule has 0 unspecified atom stereocenters. The lowest BCUT2D eigenvalue weighted by atomic mass is 10.1. The number of anilines is 1. The number of nitrogens with zero attached hydrogens (tertiary/aromatic N) is 4. The Morgan fingerprint density at radius 1 is 1.26 bits per heavy atom. The van der Waals surface area contributed by atoms with Crippen molar-refractivity contribution in [3.8, 4) is 11.5 Å². The Morgan fingerprint density at radius 3 is 2.83 bits per heavy atom. The molecule has 0 atom stereocenters. The third-order valence-electron chi connectivity index (χ3n) is 3.51. The van der Waals surface area contributed by atoms with Gasteiger partial charge in [-0.2, -0.15) is 5.10 Å². The average Bonchev–Trinajstić information content (AvgIpc) is 3.15. The highest BCUT2D eigenvalue weighted by atomic mass is 16.4. The Balaban J connectivity index is 1.81. The van der Waals surface area contributed by atoms with Gasteiger partial charge in [-0.15, -0.1) is 5.10 Å². The zero-order valence-corrected chi connectivity index (χ0v) is 13.2. The van der Waals surface area contributed by atoms with Crippen LogP contribution in [0.3, 0.4) is 0 Å². The van der Waals surface area contributed by atoms with Gasteiger partial charge < -0.3 is 4.42 Å². The molecule has 3 rings (SSSR count). The summed E-state index contributed by atoms with van der Waals surface area (Å²) < 4.78 is 7.14. The summed E-state index contributed by atoms with van der Waals surface area (Å²) in [7, 11) is 0. The van der Waals surface area contributed by atoms with Crippen molar-refractivity contribution < 1.29 is 9.21 Å². The second kappa shape index (κ2) is 6.04. The van der Waals surface area contributed by atoms with Gasteiger partial charge in [0, 0.05) is 18.3 Å². The summed E-state index contributed by atoms with van der Waals surface area (Å²) >= 11 is 0. The Labute approximate surface area is 133 Å². The van der Waals surface area contributed by atoms with Crippen molar-refractivity contribution in [1.29, 1.82) is 0 Å². The number of amides is 1. The molecule has 0 saturated heterocycles. The minimum atomic E-state index is -0.333. The van der Waals surface area contributed by atoms with E-state index < -0.39 is 0 Å². The minimum Gasteiger partial charge on any atom is -0.403 e. The second-order valence-electron chi connectivity index (χ2n) is 5.22. The molecule has 0 bridgehead atoms. The second-order valence-corrected chi connectivity index (χ2v) is 5.22. The molecular weight excluding hydrogens is 294 g/mol. The maximum absolute atomic E-state index is 12.2. The molecule has 118 valence electrons. The van der Waals surface area contributed by atoms with Gasteiger partial charge in [0.1, 0.15) is 5.69 Å². The summed E-state index contributed by atoms with van der Waals surface area (Å²) in [6.07, 6.45) is 1.58. The molecule has 7 heteroatoms. The van der Waals surface area contributed by atoms with E-state index in [2.05, 4.69) is 20.6 Å². The number of rotatable bonds is 4. The first-order valence-corrected chi connectivity index (χ1v) is 7.32. The average molecular weight is 311 g/mol. The third kappa shape index (κ3) is 2.98. The number of aromatic nitrogens is 4. The fraction of sp³-hybridized carbons (Fsp3) is 0.250. The van der Waals surface area contributed by atoms with Crippen molar-refractivity contribution in [2.24, 2.45) is 0 Å². The van der Waals surface area contributed by atoms with Crippen LogP contribution in [0.1, 0.15) is 28.5 Å². The Hall–Kier alpha value is -2.96. The fourth-order valence-electron chi connectivity index (χ4n) is 2.37. The molecule has 0 saturated carbocycles. The zero-order chi connectivity index (χ0) is 16.4. The molecule has 23 heavy (non-hydrogen) atoms. The monoisotopic (exact) mass is 311 g/mol. The molecule has 0 aliphatic carbocycles. The molecule has 3 aromatic rings. The van der Waals surface area contributed by atoms with Crippen LogP contribution in [0.4, 0.5) is 6.01 Å². The molecule has 0 spiro atoms. The van der Waals surface area contributed by atoms with Gasteiger partial charge in [0.25, 0.3) is 5.91 Å². The number of hydrogen-bond acceptors (Lipinski definition) is 5. The van der Waals surface area contributed by atoms with Crippen molar-refractivity contribution in [2.75, 3.05) is 5.32 Å². The van der Waals surface area contributed by atoms with Gasteiger partial charge in [-0.3, -0.25) is 14.8 Å². The maximum Gasteiger partial charge on any atom is 0.322 e. The van der Waals surface area contributed by atoms with Crippen LogP contribution in [0.5, 0.6) is 0 Å². The molecule has 1 amide bonds. The zero-order valence-electron chi connectivity index (χ0n) is 13.2. The van der Waals surface area contributed by atoms with E-state index in [9.17, 15) is 4.79 Å². The number of carbonyl (C=O) groups excluding carboxylic acids is 1. The predicted octanol–water partition coefficient (Wildman–Crippen LogP) is 2.82. The van der Waals surface area contributed by atoms with E-state index in [0.717, 1.165) is 16.7 Å². The highest BCUT2D eigenvalue weighted by molar-refractivity contribution is 6.01.